The van der Waals surface area contributed by atoms with Crippen LogP contribution >= 0.6 is 0 Å². The van der Waals surface area contributed by atoms with Gasteiger partial charge in [-0.2, -0.15) is 0 Å². The van der Waals surface area contributed by atoms with E-state index in [9.17, 15) is 8.42 Å². The van der Waals surface area contributed by atoms with Gasteiger partial charge in [-0.05, 0) is 50.2 Å². The van der Waals surface area contributed by atoms with Crippen molar-refractivity contribution in [3.8, 4) is 0 Å². The minimum atomic E-state index is -3.35. The zero-order chi connectivity index (χ0) is 13.5. The standard InChI is InChI=1S/C15H21NO2S/c1-11-5-8-13(9-6-11)19(17,18)16-15-10-7-12-3-2-4-14(12)15/h5-6,8-9,12,14-16H,2-4,7,10H2,1H3. The molecule has 0 saturated heterocycles. The Hall–Kier alpha value is -0.870. The first-order valence-electron chi connectivity index (χ1n) is 7.15. The van der Waals surface area contributed by atoms with E-state index in [1.54, 1.807) is 12.1 Å². The van der Waals surface area contributed by atoms with E-state index in [0.717, 1.165) is 17.9 Å². The van der Waals surface area contributed by atoms with E-state index < -0.39 is 10.0 Å². The third kappa shape index (κ3) is 2.56. The Morgan fingerprint density at radius 2 is 1.79 bits per heavy atom. The molecular weight excluding hydrogens is 258 g/mol. The van der Waals surface area contributed by atoms with Crippen LogP contribution < -0.4 is 4.72 Å². The second-order valence-corrected chi connectivity index (χ2v) is 7.69. The molecule has 0 spiro atoms. The molecule has 1 N–H and O–H groups in total. The lowest BCUT2D eigenvalue weighted by atomic mass is 9.98. The summed E-state index contributed by atoms with van der Waals surface area (Å²) in [5.41, 5.74) is 1.08. The maximum atomic E-state index is 12.4. The molecule has 3 unspecified atom stereocenters. The van der Waals surface area contributed by atoms with Gasteiger partial charge in [-0.3, -0.25) is 0 Å². The van der Waals surface area contributed by atoms with E-state index in [1.807, 2.05) is 19.1 Å². The highest BCUT2D eigenvalue weighted by Gasteiger charge is 2.40. The summed E-state index contributed by atoms with van der Waals surface area (Å²) in [6.07, 6.45) is 5.92. The monoisotopic (exact) mass is 279 g/mol. The van der Waals surface area contributed by atoms with Gasteiger partial charge in [0.1, 0.15) is 0 Å². The minimum absolute atomic E-state index is 0.152. The van der Waals surface area contributed by atoms with Crippen LogP contribution in [-0.4, -0.2) is 14.5 Å². The fourth-order valence-electron chi connectivity index (χ4n) is 3.69. The minimum Gasteiger partial charge on any atom is -0.208 e. The maximum absolute atomic E-state index is 12.4. The van der Waals surface area contributed by atoms with Gasteiger partial charge in [-0.1, -0.05) is 30.5 Å². The third-order valence-electron chi connectivity index (χ3n) is 4.72. The van der Waals surface area contributed by atoms with Gasteiger partial charge in [0.15, 0.2) is 0 Å². The second-order valence-electron chi connectivity index (χ2n) is 5.97. The predicted octanol–water partition coefficient (Wildman–Crippen LogP) is 2.85. The summed E-state index contributed by atoms with van der Waals surface area (Å²) in [5.74, 6) is 1.32. The quantitative estimate of drug-likeness (QED) is 0.924. The van der Waals surface area contributed by atoms with Crippen molar-refractivity contribution < 1.29 is 8.42 Å². The summed E-state index contributed by atoms with van der Waals surface area (Å²) >= 11 is 0. The third-order valence-corrected chi connectivity index (χ3v) is 6.23. The van der Waals surface area contributed by atoms with Crippen molar-refractivity contribution in [3.63, 3.8) is 0 Å². The van der Waals surface area contributed by atoms with Crippen LogP contribution in [0.25, 0.3) is 0 Å². The van der Waals surface area contributed by atoms with Crippen LogP contribution in [0.3, 0.4) is 0 Å². The number of aryl methyl sites for hydroxylation is 1. The van der Waals surface area contributed by atoms with Gasteiger partial charge in [0.2, 0.25) is 10.0 Å². The van der Waals surface area contributed by atoms with Gasteiger partial charge < -0.3 is 0 Å². The lowest BCUT2D eigenvalue weighted by Crippen LogP contribution is -2.37. The number of fused-ring (bicyclic) bond motifs is 1. The number of hydrogen-bond donors (Lipinski definition) is 1. The highest BCUT2D eigenvalue weighted by Crippen LogP contribution is 2.44. The fraction of sp³-hybridized carbons (Fsp3) is 0.600. The molecule has 2 fully saturated rings. The molecule has 104 valence electrons. The van der Waals surface area contributed by atoms with Crippen molar-refractivity contribution in [3.05, 3.63) is 29.8 Å². The fourth-order valence-corrected chi connectivity index (χ4v) is 5.01. The van der Waals surface area contributed by atoms with E-state index in [1.165, 1.54) is 25.7 Å². The smallest absolute Gasteiger partial charge is 0.208 e. The summed E-state index contributed by atoms with van der Waals surface area (Å²) in [6, 6.07) is 7.24. The zero-order valence-electron chi connectivity index (χ0n) is 11.3. The summed E-state index contributed by atoms with van der Waals surface area (Å²) in [7, 11) is -3.35. The Labute approximate surface area is 115 Å². The molecule has 0 aromatic heterocycles. The molecule has 2 saturated carbocycles. The number of benzene rings is 1. The molecule has 19 heavy (non-hydrogen) atoms. The highest BCUT2D eigenvalue weighted by molar-refractivity contribution is 7.89. The van der Waals surface area contributed by atoms with Crippen LogP contribution in [0.4, 0.5) is 0 Å². The van der Waals surface area contributed by atoms with Crippen LogP contribution in [0, 0.1) is 18.8 Å². The number of rotatable bonds is 3. The molecule has 3 nitrogen and oxygen atoms in total. The van der Waals surface area contributed by atoms with Crippen molar-refractivity contribution in [2.75, 3.05) is 0 Å². The van der Waals surface area contributed by atoms with Gasteiger partial charge >= 0.3 is 0 Å². The molecule has 1 aromatic carbocycles. The van der Waals surface area contributed by atoms with Gasteiger partial charge in [0.05, 0.1) is 4.90 Å². The van der Waals surface area contributed by atoms with Crippen LogP contribution in [0.5, 0.6) is 0 Å². The normalized spacial score (nSPS) is 30.5. The molecule has 3 rings (SSSR count). The average molecular weight is 279 g/mol. The van der Waals surface area contributed by atoms with E-state index >= 15 is 0 Å². The van der Waals surface area contributed by atoms with Crippen molar-refractivity contribution in [1.29, 1.82) is 0 Å². The van der Waals surface area contributed by atoms with Gasteiger partial charge in [-0.25, -0.2) is 13.1 Å². The van der Waals surface area contributed by atoms with Gasteiger partial charge in [-0.15, -0.1) is 0 Å². The topological polar surface area (TPSA) is 46.2 Å². The number of hydrogen-bond acceptors (Lipinski definition) is 2. The average Bonchev–Trinajstić information content (AvgIpc) is 2.95. The lowest BCUT2D eigenvalue weighted by Gasteiger charge is -2.20. The first kappa shape index (κ1) is 13.1. The molecule has 0 aliphatic heterocycles. The molecule has 3 atom stereocenters. The Kier molecular flexibility index (Phi) is 3.39. The largest absolute Gasteiger partial charge is 0.240 e. The summed E-state index contributed by atoms with van der Waals surface area (Å²) in [4.78, 5) is 0.388. The van der Waals surface area contributed by atoms with E-state index in [-0.39, 0.29) is 6.04 Å². The lowest BCUT2D eigenvalue weighted by molar-refractivity contribution is 0.400. The molecule has 2 aliphatic rings. The summed E-state index contributed by atoms with van der Waals surface area (Å²) in [5, 5.41) is 0. The van der Waals surface area contributed by atoms with Crippen molar-refractivity contribution in [1.82, 2.24) is 4.72 Å². The van der Waals surface area contributed by atoms with Crippen LogP contribution in [0.15, 0.2) is 29.2 Å². The van der Waals surface area contributed by atoms with E-state index in [0.29, 0.717) is 10.8 Å². The molecule has 0 bridgehead atoms. The molecule has 0 radical (unpaired) electrons. The predicted molar refractivity (Wildman–Crippen MR) is 75.4 cm³/mol. The van der Waals surface area contributed by atoms with E-state index in [4.69, 9.17) is 0 Å². The molecule has 0 heterocycles. The Morgan fingerprint density at radius 1 is 1.05 bits per heavy atom. The van der Waals surface area contributed by atoms with E-state index in [2.05, 4.69) is 4.72 Å². The Bertz CT molecular complexity index is 550. The van der Waals surface area contributed by atoms with Crippen molar-refractivity contribution in [2.45, 2.75) is 50.0 Å². The second kappa shape index (κ2) is 4.91. The highest BCUT2D eigenvalue weighted by atomic mass is 32.2. The van der Waals surface area contributed by atoms with Crippen LogP contribution in [0.2, 0.25) is 0 Å². The molecule has 0 amide bonds. The summed E-state index contributed by atoms with van der Waals surface area (Å²) in [6.45, 7) is 1.96. The molecule has 2 aliphatic carbocycles. The number of nitrogens with one attached hydrogen (secondary N) is 1. The molecule has 4 heteroatoms. The molecular formula is C15H21NO2S. The van der Waals surface area contributed by atoms with Crippen LogP contribution in [-0.2, 0) is 10.0 Å². The first-order valence-corrected chi connectivity index (χ1v) is 8.63. The van der Waals surface area contributed by atoms with Crippen molar-refractivity contribution >= 4 is 10.0 Å². The Morgan fingerprint density at radius 3 is 2.53 bits per heavy atom. The molecule has 1 aromatic rings. The first-order chi connectivity index (χ1) is 9.06. The zero-order valence-corrected chi connectivity index (χ0v) is 12.1. The van der Waals surface area contributed by atoms with Crippen molar-refractivity contribution in [2.24, 2.45) is 11.8 Å². The SMILES string of the molecule is Cc1ccc(S(=O)(=O)NC2CCC3CCCC32)cc1. The number of sulfonamides is 1. The summed E-state index contributed by atoms with van der Waals surface area (Å²) < 4.78 is 27.7. The Balaban J connectivity index is 1.76. The maximum Gasteiger partial charge on any atom is 0.240 e. The van der Waals surface area contributed by atoms with Gasteiger partial charge in [0.25, 0.3) is 0 Å². The van der Waals surface area contributed by atoms with Crippen LogP contribution in [0.1, 0.15) is 37.7 Å². The van der Waals surface area contributed by atoms with Gasteiger partial charge in [0, 0.05) is 6.04 Å².